The van der Waals surface area contributed by atoms with Crippen LogP contribution in [0.25, 0.3) is 0 Å². The molecule has 0 saturated carbocycles. The van der Waals surface area contributed by atoms with Crippen molar-refractivity contribution in [1.29, 1.82) is 0 Å². The molecule has 1 aromatic rings. The summed E-state index contributed by atoms with van der Waals surface area (Å²) < 4.78 is 5.25. The van der Waals surface area contributed by atoms with Crippen LogP contribution in [0.5, 0.6) is 0 Å². The Morgan fingerprint density at radius 1 is 1.42 bits per heavy atom. The van der Waals surface area contributed by atoms with Crippen molar-refractivity contribution in [2.45, 2.75) is 31.8 Å². The molecule has 0 radical (unpaired) electrons. The second-order valence-electron chi connectivity index (χ2n) is 5.70. The summed E-state index contributed by atoms with van der Waals surface area (Å²) in [6.07, 6.45) is 5.95. The van der Waals surface area contributed by atoms with Crippen LogP contribution in [-0.4, -0.2) is 56.1 Å². The van der Waals surface area contributed by atoms with E-state index in [2.05, 4.69) is 42.2 Å². The predicted octanol–water partition coefficient (Wildman–Crippen LogP) is 1.96. The van der Waals surface area contributed by atoms with E-state index < -0.39 is 0 Å². The summed E-state index contributed by atoms with van der Waals surface area (Å²) >= 11 is 0. The van der Waals surface area contributed by atoms with Crippen molar-refractivity contribution in [3.63, 3.8) is 0 Å². The molecule has 1 saturated heterocycles. The highest BCUT2D eigenvalue weighted by Gasteiger charge is 2.26. The molecular formula is C15H27N3O. The molecule has 108 valence electrons. The van der Waals surface area contributed by atoms with E-state index in [0.717, 1.165) is 32.5 Å². The summed E-state index contributed by atoms with van der Waals surface area (Å²) in [5.74, 6) is 0. The lowest BCUT2D eigenvalue weighted by atomic mass is 9.99. The van der Waals surface area contributed by atoms with Crippen LogP contribution in [-0.2, 0) is 0 Å². The van der Waals surface area contributed by atoms with Crippen molar-refractivity contribution >= 4 is 0 Å². The van der Waals surface area contributed by atoms with Gasteiger partial charge in [-0.15, -0.1) is 0 Å². The fourth-order valence-corrected chi connectivity index (χ4v) is 2.76. The van der Waals surface area contributed by atoms with E-state index in [1.165, 1.54) is 12.1 Å². The Hall–Kier alpha value is -0.840. The highest BCUT2D eigenvalue weighted by atomic mass is 16.3. The minimum absolute atomic E-state index is 0.401. The molecule has 2 unspecified atom stereocenters. The minimum atomic E-state index is 0.401. The Morgan fingerprint density at radius 3 is 2.95 bits per heavy atom. The van der Waals surface area contributed by atoms with E-state index in [1.54, 1.807) is 6.26 Å². The van der Waals surface area contributed by atoms with Gasteiger partial charge in [0.15, 0.2) is 0 Å². The number of piperazine rings is 1. The third kappa shape index (κ3) is 4.06. The van der Waals surface area contributed by atoms with Gasteiger partial charge in [0, 0.05) is 37.3 Å². The smallest absolute Gasteiger partial charge is 0.0950 e. The quantitative estimate of drug-likeness (QED) is 0.852. The maximum Gasteiger partial charge on any atom is 0.0950 e. The SMILES string of the molecule is CCCNC(CC1CN(C)CCN1C)c1ccoc1. The second kappa shape index (κ2) is 7.08. The first-order chi connectivity index (χ1) is 9.20. The van der Waals surface area contributed by atoms with Gasteiger partial charge in [0.2, 0.25) is 0 Å². The Balaban J connectivity index is 1.98. The van der Waals surface area contributed by atoms with Crippen LogP contribution in [0.3, 0.4) is 0 Å². The molecule has 2 heterocycles. The summed E-state index contributed by atoms with van der Waals surface area (Å²) in [6.45, 7) is 6.75. The molecule has 1 fully saturated rings. The van der Waals surface area contributed by atoms with Crippen molar-refractivity contribution in [2.24, 2.45) is 0 Å². The molecule has 0 amide bonds. The van der Waals surface area contributed by atoms with E-state index in [0.29, 0.717) is 12.1 Å². The molecule has 4 nitrogen and oxygen atoms in total. The first-order valence-corrected chi connectivity index (χ1v) is 7.35. The summed E-state index contributed by atoms with van der Waals surface area (Å²) in [5.41, 5.74) is 1.27. The molecule has 1 N–H and O–H groups in total. The lowest BCUT2D eigenvalue weighted by Gasteiger charge is -2.39. The lowest BCUT2D eigenvalue weighted by Crippen LogP contribution is -2.51. The van der Waals surface area contributed by atoms with Gasteiger partial charge in [-0.25, -0.2) is 0 Å². The zero-order chi connectivity index (χ0) is 13.7. The maximum absolute atomic E-state index is 5.25. The number of nitrogens with zero attached hydrogens (tertiary/aromatic N) is 2. The highest BCUT2D eigenvalue weighted by molar-refractivity contribution is 5.12. The fourth-order valence-electron chi connectivity index (χ4n) is 2.76. The standard InChI is InChI=1S/C15H27N3O/c1-4-6-16-15(13-5-9-19-12-13)10-14-11-17(2)7-8-18(14)3/h5,9,12,14-16H,4,6-8,10-11H2,1-3H3. The lowest BCUT2D eigenvalue weighted by molar-refractivity contribution is 0.101. The molecule has 1 aromatic heterocycles. The molecule has 4 heteroatoms. The molecule has 0 aliphatic carbocycles. The molecule has 0 bridgehead atoms. The van der Waals surface area contributed by atoms with E-state index >= 15 is 0 Å². The molecule has 0 aromatic carbocycles. The van der Waals surface area contributed by atoms with Crippen molar-refractivity contribution in [1.82, 2.24) is 15.1 Å². The van der Waals surface area contributed by atoms with Crippen molar-refractivity contribution in [2.75, 3.05) is 40.3 Å². The van der Waals surface area contributed by atoms with Gasteiger partial charge in [-0.3, -0.25) is 0 Å². The number of rotatable bonds is 6. The molecule has 1 aliphatic heterocycles. The van der Waals surface area contributed by atoms with Gasteiger partial charge < -0.3 is 19.5 Å². The highest BCUT2D eigenvalue weighted by Crippen LogP contribution is 2.22. The van der Waals surface area contributed by atoms with Crippen molar-refractivity contribution < 1.29 is 4.42 Å². The number of hydrogen-bond acceptors (Lipinski definition) is 4. The number of furan rings is 1. The van der Waals surface area contributed by atoms with Crippen molar-refractivity contribution in [3.05, 3.63) is 24.2 Å². The third-order valence-corrected chi connectivity index (χ3v) is 4.07. The number of hydrogen-bond donors (Lipinski definition) is 1. The Bertz CT molecular complexity index is 352. The molecule has 2 atom stereocenters. The Kier molecular flexibility index (Phi) is 5.43. The van der Waals surface area contributed by atoms with Crippen LogP contribution in [0.4, 0.5) is 0 Å². The largest absolute Gasteiger partial charge is 0.472 e. The predicted molar refractivity (Wildman–Crippen MR) is 78.3 cm³/mol. The van der Waals surface area contributed by atoms with Crippen LogP contribution in [0, 0.1) is 0 Å². The Labute approximate surface area is 116 Å². The average molecular weight is 265 g/mol. The summed E-state index contributed by atoms with van der Waals surface area (Å²) in [6, 6.07) is 3.10. The molecule has 0 spiro atoms. The van der Waals surface area contributed by atoms with Gasteiger partial charge in [-0.05, 0) is 39.5 Å². The molecule has 2 rings (SSSR count). The third-order valence-electron chi connectivity index (χ3n) is 4.07. The van der Waals surface area contributed by atoms with Crippen LogP contribution in [0.1, 0.15) is 31.4 Å². The van der Waals surface area contributed by atoms with Gasteiger partial charge in [0.05, 0.1) is 12.5 Å². The van der Waals surface area contributed by atoms with Gasteiger partial charge in [0.25, 0.3) is 0 Å². The summed E-state index contributed by atoms with van der Waals surface area (Å²) in [4.78, 5) is 4.91. The topological polar surface area (TPSA) is 31.6 Å². The zero-order valence-corrected chi connectivity index (χ0v) is 12.4. The summed E-state index contributed by atoms with van der Waals surface area (Å²) in [5, 5.41) is 3.65. The maximum atomic E-state index is 5.25. The zero-order valence-electron chi connectivity index (χ0n) is 12.4. The van der Waals surface area contributed by atoms with Crippen molar-refractivity contribution in [3.8, 4) is 0 Å². The molecule has 19 heavy (non-hydrogen) atoms. The van der Waals surface area contributed by atoms with Gasteiger partial charge in [-0.1, -0.05) is 6.92 Å². The van der Waals surface area contributed by atoms with E-state index in [9.17, 15) is 0 Å². The van der Waals surface area contributed by atoms with Crippen LogP contribution >= 0.6 is 0 Å². The molecule has 1 aliphatic rings. The average Bonchev–Trinajstić information content (AvgIpc) is 2.92. The van der Waals surface area contributed by atoms with Gasteiger partial charge in [-0.2, -0.15) is 0 Å². The van der Waals surface area contributed by atoms with E-state index in [1.807, 2.05) is 6.26 Å². The Morgan fingerprint density at radius 2 is 2.26 bits per heavy atom. The fraction of sp³-hybridized carbons (Fsp3) is 0.733. The minimum Gasteiger partial charge on any atom is -0.472 e. The van der Waals surface area contributed by atoms with Crippen LogP contribution in [0.2, 0.25) is 0 Å². The summed E-state index contributed by atoms with van der Waals surface area (Å²) in [7, 11) is 4.45. The first-order valence-electron chi connectivity index (χ1n) is 7.35. The van der Waals surface area contributed by atoms with E-state index in [-0.39, 0.29) is 0 Å². The second-order valence-corrected chi connectivity index (χ2v) is 5.70. The van der Waals surface area contributed by atoms with Gasteiger partial charge >= 0.3 is 0 Å². The number of likely N-dealkylation sites (N-methyl/N-ethyl adjacent to an activating group) is 2. The first kappa shape index (κ1) is 14.6. The monoisotopic (exact) mass is 265 g/mol. The number of nitrogens with one attached hydrogen (secondary N) is 1. The van der Waals surface area contributed by atoms with Crippen LogP contribution in [0.15, 0.2) is 23.0 Å². The van der Waals surface area contributed by atoms with Crippen LogP contribution < -0.4 is 5.32 Å². The molecular weight excluding hydrogens is 238 g/mol. The van der Waals surface area contributed by atoms with Gasteiger partial charge in [0.1, 0.15) is 0 Å². The van der Waals surface area contributed by atoms with E-state index in [4.69, 9.17) is 4.42 Å². The normalized spacial score (nSPS) is 23.6.